The molecule has 0 atom stereocenters. The maximum Gasteiger partial charge on any atom is -0.00921 e. The molecule has 0 radical (unpaired) electrons. The van der Waals surface area contributed by atoms with E-state index in [0.29, 0.717) is 0 Å². The molecule has 0 fully saturated rings. The second-order valence-electron chi connectivity index (χ2n) is 25.3. The third kappa shape index (κ3) is 7.80. The molecule has 0 unspecified atom stereocenters. The van der Waals surface area contributed by atoms with Crippen LogP contribution >= 0.6 is 0 Å². The van der Waals surface area contributed by atoms with Crippen LogP contribution in [0.25, 0.3) is 120 Å². The lowest BCUT2D eigenvalue weighted by molar-refractivity contribution is 0.595. The highest BCUT2D eigenvalue weighted by molar-refractivity contribution is 6.27. The average Bonchev–Trinajstić information content (AvgIpc) is 3.39. The standard InChI is InChI=1S/C74H68/c1-71(2,3)67-37-33-47(49-21-13-17-25-57(49)67)45-29-31-55-61(41-45)65-43-64(54-36-40-70(74(10,11)12)60-28-20-16-24-52(54)60)56-32-30-46(48-34-38-68(72(4,5)6)58-26-18-14-22-50(48)58)42-62(56)66(65)44-63(55)53-35-39-69(73(7,8)9)59-27-19-15-23-51(53)59/h13-44H,1-12H3. The fourth-order valence-corrected chi connectivity index (χ4v) is 12.6. The van der Waals surface area contributed by atoms with Crippen LogP contribution in [0.15, 0.2) is 194 Å². The largest absolute Gasteiger partial charge is 0.0616 e. The van der Waals surface area contributed by atoms with Gasteiger partial charge in [-0.1, -0.05) is 253 Å². The summed E-state index contributed by atoms with van der Waals surface area (Å²) in [6.45, 7) is 28.0. The quantitative estimate of drug-likeness (QED) is 0.154. The van der Waals surface area contributed by atoms with Crippen molar-refractivity contribution < 1.29 is 0 Å². The molecule has 0 aliphatic rings. The summed E-state index contributed by atoms with van der Waals surface area (Å²) in [6.07, 6.45) is 0. The van der Waals surface area contributed by atoms with Crippen LogP contribution in [-0.2, 0) is 21.7 Å². The molecule has 12 aromatic rings. The van der Waals surface area contributed by atoms with E-state index in [4.69, 9.17) is 0 Å². The Bertz CT molecular complexity index is 3980. The molecule has 364 valence electrons. The summed E-state index contributed by atoms with van der Waals surface area (Å²) in [5.41, 5.74) is 15.4. The molecular formula is C74H68. The van der Waals surface area contributed by atoms with Crippen LogP contribution in [0.1, 0.15) is 105 Å². The van der Waals surface area contributed by atoms with E-state index in [1.54, 1.807) is 0 Å². The number of hydrogen-bond acceptors (Lipinski definition) is 0. The van der Waals surface area contributed by atoms with Gasteiger partial charge in [0.25, 0.3) is 0 Å². The first-order valence-corrected chi connectivity index (χ1v) is 26.8. The van der Waals surface area contributed by atoms with E-state index < -0.39 is 0 Å². The first-order chi connectivity index (χ1) is 35.3. The molecule has 0 bridgehead atoms. The summed E-state index contributed by atoms with van der Waals surface area (Å²) in [6, 6.07) is 75.0. The van der Waals surface area contributed by atoms with Gasteiger partial charge >= 0.3 is 0 Å². The predicted octanol–water partition coefficient (Wildman–Crippen LogP) is 21.6. The molecule has 0 spiro atoms. The Kier molecular flexibility index (Phi) is 10.9. The van der Waals surface area contributed by atoms with E-state index in [-0.39, 0.29) is 21.7 Å². The van der Waals surface area contributed by atoms with E-state index in [9.17, 15) is 0 Å². The van der Waals surface area contributed by atoms with Crippen molar-refractivity contribution >= 4 is 75.4 Å². The van der Waals surface area contributed by atoms with Gasteiger partial charge in [0.2, 0.25) is 0 Å². The van der Waals surface area contributed by atoms with Crippen molar-refractivity contribution in [1.29, 1.82) is 0 Å². The predicted molar refractivity (Wildman–Crippen MR) is 326 cm³/mol. The summed E-state index contributed by atoms with van der Waals surface area (Å²) >= 11 is 0. The molecule has 0 saturated carbocycles. The van der Waals surface area contributed by atoms with Crippen LogP contribution in [0.3, 0.4) is 0 Å². The monoisotopic (exact) mass is 957 g/mol. The Balaban J connectivity index is 1.25. The lowest BCUT2D eigenvalue weighted by atomic mass is 9.79. The minimum atomic E-state index is -0.0166. The van der Waals surface area contributed by atoms with Crippen molar-refractivity contribution in [3.05, 3.63) is 216 Å². The highest BCUT2D eigenvalue weighted by Crippen LogP contribution is 2.49. The van der Waals surface area contributed by atoms with Gasteiger partial charge in [-0.15, -0.1) is 0 Å². The topological polar surface area (TPSA) is 0 Å². The lowest BCUT2D eigenvalue weighted by Gasteiger charge is -2.25. The number of fused-ring (bicyclic) bond motifs is 9. The van der Waals surface area contributed by atoms with Crippen molar-refractivity contribution in [2.24, 2.45) is 0 Å². The highest BCUT2D eigenvalue weighted by Gasteiger charge is 2.25. The summed E-state index contributed by atoms with van der Waals surface area (Å²) < 4.78 is 0. The van der Waals surface area contributed by atoms with Crippen molar-refractivity contribution in [3.8, 4) is 44.5 Å². The van der Waals surface area contributed by atoms with Gasteiger partial charge in [0.15, 0.2) is 0 Å². The number of rotatable bonds is 4. The normalized spacial score (nSPS) is 12.9. The molecule has 0 aliphatic heterocycles. The second-order valence-corrected chi connectivity index (χ2v) is 25.3. The Morgan fingerprint density at radius 1 is 0.176 bits per heavy atom. The van der Waals surface area contributed by atoms with Gasteiger partial charge in [-0.3, -0.25) is 0 Å². The fraction of sp³-hybridized carbons (Fsp3) is 0.216. The van der Waals surface area contributed by atoms with Crippen molar-refractivity contribution in [2.45, 2.75) is 105 Å². The summed E-state index contributed by atoms with van der Waals surface area (Å²) in [5, 5.41) is 17.9. The molecule has 0 nitrogen and oxygen atoms in total. The lowest BCUT2D eigenvalue weighted by Crippen LogP contribution is -2.11. The van der Waals surface area contributed by atoms with Crippen LogP contribution in [0.2, 0.25) is 0 Å². The second kappa shape index (κ2) is 17.0. The highest BCUT2D eigenvalue weighted by atomic mass is 14.3. The van der Waals surface area contributed by atoms with Gasteiger partial charge in [0, 0.05) is 0 Å². The molecular weight excluding hydrogens is 889 g/mol. The molecule has 12 rings (SSSR count). The zero-order valence-corrected chi connectivity index (χ0v) is 45.5. The zero-order chi connectivity index (χ0) is 51.6. The van der Waals surface area contributed by atoms with Crippen LogP contribution < -0.4 is 0 Å². The van der Waals surface area contributed by atoms with Crippen molar-refractivity contribution in [1.82, 2.24) is 0 Å². The van der Waals surface area contributed by atoms with E-state index in [1.807, 2.05) is 0 Å². The van der Waals surface area contributed by atoms with Crippen LogP contribution in [-0.4, -0.2) is 0 Å². The van der Waals surface area contributed by atoms with E-state index in [2.05, 4.69) is 277 Å². The minimum absolute atomic E-state index is 0.00438. The van der Waals surface area contributed by atoms with Crippen LogP contribution in [0.4, 0.5) is 0 Å². The Morgan fingerprint density at radius 3 is 0.689 bits per heavy atom. The SMILES string of the molecule is CC(C)(C)c1ccc(-c2ccc3c(-c4ccc(C(C)(C)C)c5ccccc45)cc4c5cc(-c6ccc(C(C)(C)C)c7ccccc67)ccc5c(-c5ccc(C(C)(C)C)c6ccccc56)cc4c3c2)c2ccccc12. The molecule has 0 aromatic heterocycles. The third-order valence-corrected chi connectivity index (χ3v) is 16.2. The van der Waals surface area contributed by atoms with Crippen LogP contribution in [0.5, 0.6) is 0 Å². The molecule has 0 saturated heterocycles. The average molecular weight is 957 g/mol. The van der Waals surface area contributed by atoms with Gasteiger partial charge < -0.3 is 0 Å². The van der Waals surface area contributed by atoms with Crippen molar-refractivity contribution in [2.75, 3.05) is 0 Å². The number of benzene rings is 12. The smallest absolute Gasteiger partial charge is 0.00921 e. The molecule has 0 N–H and O–H groups in total. The van der Waals surface area contributed by atoms with E-state index in [0.717, 1.165) is 0 Å². The molecule has 0 amide bonds. The van der Waals surface area contributed by atoms with Crippen LogP contribution in [0, 0.1) is 0 Å². The Morgan fingerprint density at radius 2 is 0.405 bits per heavy atom. The first kappa shape index (κ1) is 47.5. The third-order valence-electron chi connectivity index (χ3n) is 16.2. The first-order valence-electron chi connectivity index (χ1n) is 26.8. The van der Waals surface area contributed by atoms with Crippen molar-refractivity contribution in [3.63, 3.8) is 0 Å². The fourth-order valence-electron chi connectivity index (χ4n) is 12.6. The Hall–Kier alpha value is -7.54. The van der Waals surface area contributed by atoms with Gasteiger partial charge in [0.1, 0.15) is 0 Å². The minimum Gasteiger partial charge on any atom is -0.0616 e. The molecule has 0 heterocycles. The maximum atomic E-state index is 2.54. The molecule has 74 heavy (non-hydrogen) atoms. The summed E-state index contributed by atoms with van der Waals surface area (Å²) in [4.78, 5) is 0. The number of hydrogen-bond donors (Lipinski definition) is 0. The summed E-state index contributed by atoms with van der Waals surface area (Å²) in [7, 11) is 0. The summed E-state index contributed by atoms with van der Waals surface area (Å²) in [5.74, 6) is 0. The Labute approximate surface area is 438 Å². The molecule has 12 aromatic carbocycles. The van der Waals surface area contributed by atoms with Gasteiger partial charge in [-0.2, -0.15) is 0 Å². The van der Waals surface area contributed by atoms with Gasteiger partial charge in [-0.05, 0) is 188 Å². The van der Waals surface area contributed by atoms with Gasteiger partial charge in [0.05, 0.1) is 0 Å². The zero-order valence-electron chi connectivity index (χ0n) is 45.5. The molecule has 0 heteroatoms. The van der Waals surface area contributed by atoms with E-state index >= 15 is 0 Å². The van der Waals surface area contributed by atoms with Gasteiger partial charge in [-0.25, -0.2) is 0 Å². The van der Waals surface area contributed by atoms with E-state index in [1.165, 1.54) is 142 Å². The maximum absolute atomic E-state index is 2.54. The molecule has 0 aliphatic carbocycles.